The van der Waals surface area contributed by atoms with Crippen LogP contribution in [-0.2, 0) is 4.79 Å². The van der Waals surface area contributed by atoms with E-state index in [2.05, 4.69) is 0 Å². The summed E-state index contributed by atoms with van der Waals surface area (Å²) >= 11 is 0. The van der Waals surface area contributed by atoms with Gasteiger partial charge in [-0.1, -0.05) is 13.8 Å². The van der Waals surface area contributed by atoms with Gasteiger partial charge >= 0.3 is 0 Å². The standard InChI is InChI=1S/C4H9N3O.C2H6/c1-4(8)2-7(6)3-5;1-2/h3,5H,2,6H2,1H3;1-2H3. The highest BCUT2D eigenvalue weighted by molar-refractivity contribution is 5.79. The average Bonchev–Trinajstić information content (AvgIpc) is 1.91. The molecule has 4 heteroatoms. The van der Waals surface area contributed by atoms with E-state index in [-0.39, 0.29) is 12.3 Å². The molecule has 3 N–H and O–H groups in total. The molecule has 0 bridgehead atoms. The molecule has 0 aromatic heterocycles. The second kappa shape index (κ2) is 8.10. The van der Waals surface area contributed by atoms with Crippen molar-refractivity contribution >= 4 is 12.1 Å². The molecule has 4 nitrogen and oxygen atoms in total. The highest BCUT2D eigenvalue weighted by Crippen LogP contribution is 1.70. The molecular formula is C6H15N3O. The zero-order valence-electron chi connectivity index (χ0n) is 6.72. The fourth-order valence-electron chi connectivity index (χ4n) is 0.303. The lowest BCUT2D eigenvalue weighted by molar-refractivity contribution is -0.117. The van der Waals surface area contributed by atoms with Crippen molar-refractivity contribution in [2.45, 2.75) is 20.8 Å². The lowest BCUT2D eigenvalue weighted by atomic mass is 10.4. The first-order valence-corrected chi connectivity index (χ1v) is 3.18. The third kappa shape index (κ3) is 10.2. The van der Waals surface area contributed by atoms with Crippen LogP contribution >= 0.6 is 0 Å². The van der Waals surface area contributed by atoms with Gasteiger partial charge in [-0.05, 0) is 6.92 Å². The van der Waals surface area contributed by atoms with E-state index in [1.54, 1.807) is 0 Å². The van der Waals surface area contributed by atoms with Crippen LogP contribution in [0.25, 0.3) is 0 Å². The van der Waals surface area contributed by atoms with Gasteiger partial charge in [0, 0.05) is 0 Å². The minimum Gasteiger partial charge on any atom is -0.298 e. The first-order valence-electron chi connectivity index (χ1n) is 3.18. The monoisotopic (exact) mass is 145 g/mol. The Balaban J connectivity index is 0. The van der Waals surface area contributed by atoms with Crippen molar-refractivity contribution in [3.05, 3.63) is 0 Å². The Morgan fingerprint density at radius 3 is 2.20 bits per heavy atom. The summed E-state index contributed by atoms with van der Waals surface area (Å²) in [6.45, 7) is 5.53. The number of hydrogen-bond donors (Lipinski definition) is 2. The maximum absolute atomic E-state index is 10.2. The number of rotatable bonds is 3. The molecule has 0 saturated heterocycles. The second-order valence-electron chi connectivity index (χ2n) is 1.50. The summed E-state index contributed by atoms with van der Waals surface area (Å²) < 4.78 is 0. The highest BCUT2D eigenvalue weighted by Gasteiger charge is 1.93. The van der Waals surface area contributed by atoms with Gasteiger partial charge in [0.1, 0.15) is 0 Å². The molecule has 0 aromatic carbocycles. The summed E-state index contributed by atoms with van der Waals surface area (Å²) in [5.74, 6) is 5.00. The van der Waals surface area contributed by atoms with E-state index in [0.717, 1.165) is 11.3 Å². The van der Waals surface area contributed by atoms with Gasteiger partial charge in [-0.25, -0.2) is 5.84 Å². The van der Waals surface area contributed by atoms with Crippen LogP contribution in [0.1, 0.15) is 20.8 Å². The minimum atomic E-state index is -0.0454. The summed E-state index contributed by atoms with van der Waals surface area (Å²) in [4.78, 5) is 10.2. The van der Waals surface area contributed by atoms with Gasteiger partial charge < -0.3 is 0 Å². The molecule has 0 heterocycles. The molecule has 0 radical (unpaired) electrons. The summed E-state index contributed by atoms with van der Waals surface area (Å²) in [7, 11) is 0. The third-order valence-electron chi connectivity index (χ3n) is 0.571. The van der Waals surface area contributed by atoms with Crippen LogP contribution in [0, 0.1) is 5.41 Å². The Bertz CT molecular complexity index is 103. The summed E-state index contributed by atoms with van der Waals surface area (Å²) in [6, 6.07) is 0. The van der Waals surface area contributed by atoms with Gasteiger partial charge in [0.2, 0.25) is 0 Å². The Morgan fingerprint density at radius 1 is 1.70 bits per heavy atom. The molecule has 0 aromatic rings. The van der Waals surface area contributed by atoms with E-state index in [4.69, 9.17) is 11.3 Å². The Labute approximate surface area is 61.5 Å². The van der Waals surface area contributed by atoms with Crippen molar-refractivity contribution in [3.63, 3.8) is 0 Å². The van der Waals surface area contributed by atoms with Crippen LogP contribution in [-0.4, -0.2) is 23.7 Å². The van der Waals surface area contributed by atoms with Crippen LogP contribution in [0.15, 0.2) is 0 Å². The van der Waals surface area contributed by atoms with Gasteiger partial charge in [0.05, 0.1) is 12.9 Å². The average molecular weight is 145 g/mol. The normalized spacial score (nSPS) is 7.20. The van der Waals surface area contributed by atoms with Gasteiger partial charge in [-0.15, -0.1) is 0 Å². The Hall–Kier alpha value is -0.900. The maximum Gasteiger partial charge on any atom is 0.150 e. The summed E-state index contributed by atoms with van der Waals surface area (Å²) in [5.41, 5.74) is 0. The molecule has 0 unspecified atom stereocenters. The number of hydrogen-bond acceptors (Lipinski definition) is 3. The number of ketones is 1. The molecule has 0 saturated carbocycles. The molecule has 0 aliphatic heterocycles. The zero-order valence-corrected chi connectivity index (χ0v) is 6.72. The fourth-order valence-corrected chi connectivity index (χ4v) is 0.303. The lowest BCUT2D eigenvalue weighted by Crippen LogP contribution is -2.33. The Kier molecular flexibility index (Phi) is 9.59. The first kappa shape index (κ1) is 11.8. The molecular weight excluding hydrogens is 130 g/mol. The van der Waals surface area contributed by atoms with E-state index in [1.165, 1.54) is 6.92 Å². The third-order valence-corrected chi connectivity index (χ3v) is 0.571. The predicted molar refractivity (Wildman–Crippen MR) is 41.7 cm³/mol. The second-order valence-corrected chi connectivity index (χ2v) is 1.50. The van der Waals surface area contributed by atoms with Crippen molar-refractivity contribution in [3.8, 4) is 0 Å². The number of carbonyl (C=O) groups excluding carboxylic acids is 1. The van der Waals surface area contributed by atoms with Crippen molar-refractivity contribution in [1.82, 2.24) is 5.01 Å². The number of Topliss-reactive ketones (excluding diaryl/α,β-unsaturated/α-hetero) is 1. The maximum atomic E-state index is 10.2. The van der Waals surface area contributed by atoms with Crippen molar-refractivity contribution < 1.29 is 4.79 Å². The molecule has 0 fully saturated rings. The summed E-state index contributed by atoms with van der Waals surface area (Å²) in [5, 5.41) is 7.54. The van der Waals surface area contributed by atoms with E-state index in [1.807, 2.05) is 13.8 Å². The zero-order chi connectivity index (χ0) is 8.57. The van der Waals surface area contributed by atoms with E-state index in [0.29, 0.717) is 0 Å². The van der Waals surface area contributed by atoms with Crippen LogP contribution in [0.3, 0.4) is 0 Å². The van der Waals surface area contributed by atoms with Crippen LogP contribution < -0.4 is 5.84 Å². The minimum absolute atomic E-state index is 0.0454. The van der Waals surface area contributed by atoms with Crippen molar-refractivity contribution in [1.29, 1.82) is 5.41 Å². The van der Waals surface area contributed by atoms with Gasteiger partial charge in [-0.2, -0.15) is 0 Å². The molecule has 0 atom stereocenters. The number of nitrogens with two attached hydrogens (primary N) is 1. The lowest BCUT2D eigenvalue weighted by Gasteiger charge is -2.06. The number of nitrogens with one attached hydrogen (secondary N) is 1. The van der Waals surface area contributed by atoms with Gasteiger partial charge in [0.25, 0.3) is 0 Å². The largest absolute Gasteiger partial charge is 0.298 e. The highest BCUT2D eigenvalue weighted by atomic mass is 16.1. The summed E-state index contributed by atoms with van der Waals surface area (Å²) in [6.07, 6.45) is 0.904. The van der Waals surface area contributed by atoms with Crippen LogP contribution in [0.2, 0.25) is 0 Å². The molecule has 0 aliphatic carbocycles. The first-order chi connectivity index (χ1) is 4.66. The number of nitrogens with zero attached hydrogens (tertiary/aromatic N) is 1. The predicted octanol–water partition coefficient (Wildman–Crippen LogP) is 0.384. The van der Waals surface area contributed by atoms with E-state index < -0.39 is 0 Å². The van der Waals surface area contributed by atoms with Crippen LogP contribution in [0.4, 0.5) is 0 Å². The van der Waals surface area contributed by atoms with E-state index in [9.17, 15) is 4.79 Å². The number of carbonyl (C=O) groups is 1. The molecule has 60 valence electrons. The van der Waals surface area contributed by atoms with Crippen LogP contribution in [0.5, 0.6) is 0 Å². The number of hydrazine groups is 1. The molecule has 0 rings (SSSR count). The van der Waals surface area contributed by atoms with Gasteiger partial charge in [0.15, 0.2) is 5.78 Å². The SMILES string of the molecule is CC.CC(=O)CN(N)C=N. The fraction of sp³-hybridized carbons (Fsp3) is 0.667. The molecule has 0 spiro atoms. The van der Waals surface area contributed by atoms with Crippen molar-refractivity contribution in [2.24, 2.45) is 5.84 Å². The quantitative estimate of drug-likeness (QED) is 0.261. The smallest absolute Gasteiger partial charge is 0.150 e. The van der Waals surface area contributed by atoms with Crippen molar-refractivity contribution in [2.75, 3.05) is 6.54 Å². The van der Waals surface area contributed by atoms with E-state index >= 15 is 0 Å². The molecule has 0 aliphatic rings. The Morgan fingerprint density at radius 2 is 2.10 bits per heavy atom. The molecule has 10 heavy (non-hydrogen) atoms. The topological polar surface area (TPSA) is 70.2 Å². The van der Waals surface area contributed by atoms with Gasteiger partial charge in [-0.3, -0.25) is 15.2 Å². The molecule has 0 amide bonds.